The van der Waals surface area contributed by atoms with Gasteiger partial charge < -0.3 is 15.4 Å². The van der Waals surface area contributed by atoms with Crippen molar-refractivity contribution in [1.29, 1.82) is 0 Å². The maximum Gasteiger partial charge on any atom is 0.261 e. The van der Waals surface area contributed by atoms with E-state index in [1.807, 2.05) is 0 Å². The Labute approximate surface area is 118 Å². The van der Waals surface area contributed by atoms with E-state index in [0.717, 1.165) is 31.4 Å². The highest BCUT2D eigenvalue weighted by Gasteiger charge is 2.33. The second-order valence-corrected chi connectivity index (χ2v) is 5.89. The fourth-order valence-electron chi connectivity index (χ4n) is 3.01. The summed E-state index contributed by atoms with van der Waals surface area (Å²) in [5.74, 6) is -0.358. The maximum absolute atomic E-state index is 12.2. The molecule has 1 aliphatic rings. The van der Waals surface area contributed by atoms with Crippen LogP contribution in [0.25, 0.3) is 0 Å². The number of aliphatic hydroxyl groups excluding tert-OH is 1. The van der Waals surface area contributed by atoms with Crippen molar-refractivity contribution in [3.63, 3.8) is 0 Å². The number of hydrogen-bond donors (Lipinski definition) is 3. The number of aromatic nitrogens is 1. The lowest BCUT2D eigenvalue weighted by Crippen LogP contribution is -2.40. The van der Waals surface area contributed by atoms with E-state index in [-0.39, 0.29) is 29.1 Å². The fraction of sp³-hybridized carbons (Fsp3) is 0.600. The van der Waals surface area contributed by atoms with Gasteiger partial charge in [-0.15, -0.1) is 0 Å². The van der Waals surface area contributed by atoms with Crippen LogP contribution >= 0.6 is 0 Å². The topological polar surface area (TPSA) is 82.2 Å². The van der Waals surface area contributed by atoms with Crippen LogP contribution in [0, 0.1) is 19.3 Å². The second kappa shape index (κ2) is 5.79. The number of nitrogens with one attached hydrogen (secondary N) is 2. The van der Waals surface area contributed by atoms with E-state index in [1.54, 1.807) is 19.9 Å². The smallest absolute Gasteiger partial charge is 0.261 e. The van der Waals surface area contributed by atoms with Crippen molar-refractivity contribution in [2.75, 3.05) is 13.2 Å². The third kappa shape index (κ3) is 2.93. The molecule has 0 unspecified atom stereocenters. The summed E-state index contributed by atoms with van der Waals surface area (Å²) in [5, 5.41) is 12.3. The lowest BCUT2D eigenvalue weighted by atomic mass is 9.87. The second-order valence-electron chi connectivity index (χ2n) is 5.89. The molecule has 0 aliphatic heterocycles. The highest BCUT2D eigenvalue weighted by molar-refractivity contribution is 5.95. The molecule has 0 bridgehead atoms. The van der Waals surface area contributed by atoms with Crippen LogP contribution in [0.5, 0.6) is 0 Å². The monoisotopic (exact) mass is 278 g/mol. The van der Waals surface area contributed by atoms with Crippen molar-refractivity contribution >= 4 is 5.91 Å². The fourth-order valence-corrected chi connectivity index (χ4v) is 3.01. The SMILES string of the molecule is Cc1cc(C)c(C(=O)NCC2(CO)CCCC2)c(=O)[nH]1. The first-order chi connectivity index (χ1) is 9.47. The number of aliphatic hydroxyl groups is 1. The maximum atomic E-state index is 12.2. The predicted octanol–water partition coefficient (Wildman–Crippen LogP) is 1.27. The molecule has 1 aromatic rings. The zero-order valence-corrected chi connectivity index (χ0v) is 12.1. The minimum atomic E-state index is -0.358. The number of H-pyrrole nitrogens is 1. The third-order valence-electron chi connectivity index (χ3n) is 4.22. The van der Waals surface area contributed by atoms with E-state index >= 15 is 0 Å². The Morgan fingerprint density at radius 3 is 2.60 bits per heavy atom. The first-order valence-electron chi connectivity index (χ1n) is 7.07. The first kappa shape index (κ1) is 14.8. The molecule has 0 spiro atoms. The summed E-state index contributed by atoms with van der Waals surface area (Å²) in [6, 6.07) is 1.79. The van der Waals surface area contributed by atoms with Crippen LogP contribution in [0.4, 0.5) is 0 Å². The molecule has 5 heteroatoms. The van der Waals surface area contributed by atoms with Crippen molar-refractivity contribution in [3.8, 4) is 0 Å². The lowest BCUT2D eigenvalue weighted by molar-refractivity contribution is 0.0878. The summed E-state index contributed by atoms with van der Waals surface area (Å²) in [6.45, 7) is 4.05. The van der Waals surface area contributed by atoms with Gasteiger partial charge in [0.15, 0.2) is 0 Å². The number of carbonyl (C=O) groups excluding carboxylic acids is 1. The molecule has 5 nitrogen and oxygen atoms in total. The molecule has 20 heavy (non-hydrogen) atoms. The molecule has 1 aromatic heterocycles. The number of rotatable bonds is 4. The molecule has 110 valence electrons. The lowest BCUT2D eigenvalue weighted by Gasteiger charge is -2.26. The van der Waals surface area contributed by atoms with Crippen LogP contribution in [0.15, 0.2) is 10.9 Å². The minimum Gasteiger partial charge on any atom is -0.396 e. The largest absolute Gasteiger partial charge is 0.396 e. The molecular formula is C15H22N2O3. The van der Waals surface area contributed by atoms with Gasteiger partial charge >= 0.3 is 0 Å². The van der Waals surface area contributed by atoms with Gasteiger partial charge in [-0.3, -0.25) is 9.59 Å². The third-order valence-corrected chi connectivity index (χ3v) is 4.22. The van der Waals surface area contributed by atoms with E-state index in [2.05, 4.69) is 10.3 Å². The summed E-state index contributed by atoms with van der Waals surface area (Å²) in [4.78, 5) is 26.7. The number of amides is 1. The van der Waals surface area contributed by atoms with Crippen molar-refractivity contribution in [2.24, 2.45) is 5.41 Å². The molecule has 1 saturated carbocycles. The van der Waals surface area contributed by atoms with Gasteiger partial charge in [0.1, 0.15) is 5.56 Å². The molecule has 0 saturated heterocycles. The molecule has 0 aromatic carbocycles. The van der Waals surface area contributed by atoms with Crippen LogP contribution in [-0.4, -0.2) is 29.1 Å². The molecule has 1 amide bonds. The minimum absolute atomic E-state index is 0.0799. The van der Waals surface area contributed by atoms with Gasteiger partial charge in [0.25, 0.3) is 11.5 Å². The van der Waals surface area contributed by atoms with E-state index in [4.69, 9.17) is 0 Å². The van der Waals surface area contributed by atoms with Gasteiger partial charge in [-0.05, 0) is 38.3 Å². The Kier molecular flexibility index (Phi) is 4.28. The van der Waals surface area contributed by atoms with Crippen LogP contribution in [0.3, 0.4) is 0 Å². The quantitative estimate of drug-likeness (QED) is 0.776. The number of aryl methyl sites for hydroxylation is 2. The van der Waals surface area contributed by atoms with Crippen molar-refractivity contribution in [2.45, 2.75) is 39.5 Å². The molecule has 3 N–H and O–H groups in total. The molecule has 1 heterocycles. The average Bonchev–Trinajstić information content (AvgIpc) is 2.84. The van der Waals surface area contributed by atoms with E-state index in [9.17, 15) is 14.7 Å². The number of hydrogen-bond acceptors (Lipinski definition) is 3. The Morgan fingerprint density at radius 2 is 2.05 bits per heavy atom. The Bertz CT molecular complexity index is 557. The molecule has 0 radical (unpaired) electrons. The molecule has 0 atom stereocenters. The Morgan fingerprint density at radius 1 is 1.40 bits per heavy atom. The molecular weight excluding hydrogens is 256 g/mol. The highest BCUT2D eigenvalue weighted by Crippen LogP contribution is 2.36. The van der Waals surface area contributed by atoms with Crippen molar-refractivity contribution in [3.05, 3.63) is 33.2 Å². The number of carbonyl (C=O) groups is 1. The van der Waals surface area contributed by atoms with Gasteiger partial charge in [0.2, 0.25) is 0 Å². The van der Waals surface area contributed by atoms with Crippen molar-refractivity contribution < 1.29 is 9.90 Å². The molecule has 1 fully saturated rings. The summed E-state index contributed by atoms with van der Waals surface area (Å²) < 4.78 is 0. The first-order valence-corrected chi connectivity index (χ1v) is 7.07. The van der Waals surface area contributed by atoms with Gasteiger partial charge in [-0.25, -0.2) is 0 Å². The Hall–Kier alpha value is -1.62. The van der Waals surface area contributed by atoms with Crippen molar-refractivity contribution in [1.82, 2.24) is 10.3 Å². The molecule has 2 rings (SSSR count). The van der Waals surface area contributed by atoms with E-state index in [0.29, 0.717) is 12.1 Å². The normalized spacial score (nSPS) is 17.1. The predicted molar refractivity (Wildman–Crippen MR) is 76.9 cm³/mol. The van der Waals surface area contributed by atoms with Crippen LogP contribution in [0.1, 0.15) is 47.3 Å². The number of pyridine rings is 1. The summed E-state index contributed by atoms with van der Waals surface area (Å²) in [7, 11) is 0. The van der Waals surface area contributed by atoms with Crippen LogP contribution in [-0.2, 0) is 0 Å². The zero-order chi connectivity index (χ0) is 14.8. The van der Waals surface area contributed by atoms with Crippen LogP contribution < -0.4 is 10.9 Å². The summed E-state index contributed by atoms with van der Waals surface area (Å²) in [6.07, 6.45) is 4.02. The average molecular weight is 278 g/mol. The standard InChI is InChI=1S/C15H22N2O3/c1-10-7-11(2)17-14(20)12(10)13(19)16-8-15(9-18)5-3-4-6-15/h7,18H,3-6,8-9H2,1-2H3,(H,16,19)(H,17,20). The zero-order valence-electron chi connectivity index (χ0n) is 12.1. The summed E-state index contributed by atoms with van der Waals surface area (Å²) in [5.41, 5.74) is 1.02. The number of aromatic amines is 1. The van der Waals surface area contributed by atoms with Gasteiger partial charge in [-0.1, -0.05) is 12.8 Å². The van der Waals surface area contributed by atoms with Gasteiger partial charge in [-0.2, -0.15) is 0 Å². The van der Waals surface area contributed by atoms with Gasteiger partial charge in [0, 0.05) is 17.7 Å². The highest BCUT2D eigenvalue weighted by atomic mass is 16.3. The van der Waals surface area contributed by atoms with E-state index in [1.165, 1.54) is 0 Å². The Balaban J connectivity index is 2.11. The van der Waals surface area contributed by atoms with Crippen LogP contribution in [0.2, 0.25) is 0 Å². The van der Waals surface area contributed by atoms with Gasteiger partial charge in [0.05, 0.1) is 6.61 Å². The summed E-state index contributed by atoms with van der Waals surface area (Å²) >= 11 is 0. The molecule has 1 aliphatic carbocycles. The van der Waals surface area contributed by atoms with E-state index < -0.39 is 0 Å².